The minimum atomic E-state index is -0.0573. The van der Waals surface area contributed by atoms with Crippen LogP contribution < -0.4 is 5.32 Å². The molecule has 0 saturated heterocycles. The Kier molecular flexibility index (Phi) is 4.23. The van der Waals surface area contributed by atoms with Crippen LogP contribution in [0.1, 0.15) is 16.7 Å². The van der Waals surface area contributed by atoms with E-state index in [0.717, 1.165) is 22.4 Å². The number of rotatable bonds is 3. The number of carbonyl (C=O) groups excluding carboxylic acids is 1. The maximum Gasteiger partial charge on any atom is 0.228 e. The highest BCUT2D eigenvalue weighted by atomic mass is 35.5. The van der Waals surface area contributed by atoms with Crippen molar-refractivity contribution in [2.45, 2.75) is 20.3 Å². The molecule has 0 spiro atoms. The first-order valence-corrected chi connectivity index (χ1v) is 6.54. The lowest BCUT2D eigenvalue weighted by molar-refractivity contribution is -0.115. The number of carbonyl (C=O) groups is 1. The molecule has 98 valence electrons. The summed E-state index contributed by atoms with van der Waals surface area (Å²) in [6.07, 6.45) is 0.284. The Labute approximate surface area is 118 Å². The predicted molar refractivity (Wildman–Crippen MR) is 79.7 cm³/mol. The van der Waals surface area contributed by atoms with Gasteiger partial charge in [-0.2, -0.15) is 0 Å². The Morgan fingerprint density at radius 3 is 2.37 bits per heavy atom. The minimum absolute atomic E-state index is 0.0573. The highest BCUT2D eigenvalue weighted by Gasteiger charge is 2.07. The van der Waals surface area contributed by atoms with E-state index in [1.807, 2.05) is 44.2 Å². The molecule has 0 saturated carbocycles. The van der Waals surface area contributed by atoms with Gasteiger partial charge in [-0.05, 0) is 48.7 Å². The zero-order valence-electron chi connectivity index (χ0n) is 11.0. The first kappa shape index (κ1) is 13.6. The van der Waals surface area contributed by atoms with E-state index in [9.17, 15) is 4.79 Å². The fourth-order valence-corrected chi connectivity index (χ4v) is 2.27. The summed E-state index contributed by atoms with van der Waals surface area (Å²) in [5.74, 6) is -0.0573. The quantitative estimate of drug-likeness (QED) is 0.895. The molecule has 0 aliphatic heterocycles. The molecule has 1 N–H and O–H groups in total. The van der Waals surface area contributed by atoms with E-state index in [1.54, 1.807) is 6.07 Å². The van der Waals surface area contributed by atoms with Crippen LogP contribution in [0.3, 0.4) is 0 Å². The number of amides is 1. The second kappa shape index (κ2) is 5.89. The smallest absolute Gasteiger partial charge is 0.228 e. The molecule has 0 heterocycles. The van der Waals surface area contributed by atoms with E-state index in [4.69, 9.17) is 11.6 Å². The topological polar surface area (TPSA) is 29.1 Å². The Hall–Kier alpha value is -1.80. The van der Waals surface area contributed by atoms with Crippen molar-refractivity contribution in [1.29, 1.82) is 0 Å². The lowest BCUT2D eigenvalue weighted by atomic mass is 10.1. The minimum Gasteiger partial charge on any atom is -0.326 e. The molecule has 0 atom stereocenters. The monoisotopic (exact) mass is 273 g/mol. The number of nitrogens with one attached hydrogen (secondary N) is 1. The van der Waals surface area contributed by atoms with Crippen molar-refractivity contribution < 1.29 is 4.79 Å². The molecule has 0 unspecified atom stereocenters. The van der Waals surface area contributed by atoms with Gasteiger partial charge in [0.2, 0.25) is 5.91 Å². The van der Waals surface area contributed by atoms with Crippen LogP contribution in [0.4, 0.5) is 5.69 Å². The van der Waals surface area contributed by atoms with E-state index in [-0.39, 0.29) is 12.3 Å². The third-order valence-corrected chi connectivity index (χ3v) is 3.18. The molecule has 0 fully saturated rings. The molecule has 0 aromatic heterocycles. The number of anilines is 1. The van der Waals surface area contributed by atoms with Crippen molar-refractivity contribution >= 4 is 23.2 Å². The van der Waals surface area contributed by atoms with Gasteiger partial charge < -0.3 is 5.32 Å². The predicted octanol–water partition coefficient (Wildman–Crippen LogP) is 4.14. The van der Waals surface area contributed by atoms with Gasteiger partial charge in [0.25, 0.3) is 0 Å². The van der Waals surface area contributed by atoms with Crippen molar-refractivity contribution in [3.8, 4) is 0 Å². The number of halogens is 1. The van der Waals surface area contributed by atoms with Crippen molar-refractivity contribution in [2.75, 3.05) is 5.32 Å². The van der Waals surface area contributed by atoms with E-state index < -0.39 is 0 Å². The van der Waals surface area contributed by atoms with Gasteiger partial charge in [-0.3, -0.25) is 4.79 Å². The molecule has 0 bridgehead atoms. The summed E-state index contributed by atoms with van der Waals surface area (Å²) in [7, 11) is 0. The van der Waals surface area contributed by atoms with Gasteiger partial charge in [0.05, 0.1) is 6.42 Å². The summed E-state index contributed by atoms with van der Waals surface area (Å²) >= 11 is 6.04. The molecule has 19 heavy (non-hydrogen) atoms. The van der Waals surface area contributed by atoms with Crippen molar-refractivity contribution in [3.63, 3.8) is 0 Å². The lowest BCUT2D eigenvalue weighted by Gasteiger charge is -2.08. The van der Waals surface area contributed by atoms with E-state index in [1.165, 1.54) is 0 Å². The molecule has 0 radical (unpaired) electrons. The van der Waals surface area contributed by atoms with Crippen LogP contribution in [0.2, 0.25) is 5.02 Å². The highest BCUT2D eigenvalue weighted by molar-refractivity contribution is 6.31. The summed E-state index contributed by atoms with van der Waals surface area (Å²) in [6.45, 7) is 4.02. The summed E-state index contributed by atoms with van der Waals surface area (Å²) < 4.78 is 0. The van der Waals surface area contributed by atoms with Gasteiger partial charge in [-0.15, -0.1) is 0 Å². The summed E-state index contributed by atoms with van der Waals surface area (Å²) in [5.41, 5.74) is 3.93. The second-order valence-electron chi connectivity index (χ2n) is 4.69. The van der Waals surface area contributed by atoms with Gasteiger partial charge >= 0.3 is 0 Å². The first-order chi connectivity index (χ1) is 9.04. The van der Waals surface area contributed by atoms with Crippen LogP contribution in [0, 0.1) is 13.8 Å². The van der Waals surface area contributed by atoms with Crippen LogP contribution in [0.5, 0.6) is 0 Å². The summed E-state index contributed by atoms with van der Waals surface area (Å²) in [5, 5.41) is 3.52. The SMILES string of the molecule is Cc1cc(C)cc(NC(=O)Cc2ccccc2Cl)c1. The number of benzene rings is 2. The van der Waals surface area contributed by atoms with Gasteiger partial charge in [0.15, 0.2) is 0 Å². The van der Waals surface area contributed by atoms with Crippen LogP contribution in [0.15, 0.2) is 42.5 Å². The average molecular weight is 274 g/mol. The standard InChI is InChI=1S/C16H16ClNO/c1-11-7-12(2)9-14(8-11)18-16(19)10-13-5-3-4-6-15(13)17/h3-9H,10H2,1-2H3,(H,18,19). The number of hydrogen-bond acceptors (Lipinski definition) is 1. The summed E-state index contributed by atoms with van der Waals surface area (Å²) in [4.78, 5) is 12.0. The van der Waals surface area contributed by atoms with Crippen molar-refractivity contribution in [3.05, 3.63) is 64.2 Å². The third-order valence-electron chi connectivity index (χ3n) is 2.81. The van der Waals surface area contributed by atoms with Crippen LogP contribution >= 0.6 is 11.6 Å². The Balaban J connectivity index is 2.07. The molecule has 2 aromatic rings. The molecule has 2 aromatic carbocycles. The van der Waals surface area contributed by atoms with Crippen molar-refractivity contribution in [2.24, 2.45) is 0 Å². The molecule has 1 amide bonds. The van der Waals surface area contributed by atoms with Crippen LogP contribution in [-0.2, 0) is 11.2 Å². The second-order valence-corrected chi connectivity index (χ2v) is 5.10. The fraction of sp³-hybridized carbons (Fsp3) is 0.188. The van der Waals surface area contributed by atoms with Crippen LogP contribution in [-0.4, -0.2) is 5.91 Å². The number of hydrogen-bond donors (Lipinski definition) is 1. The Bertz CT molecular complexity index is 587. The zero-order chi connectivity index (χ0) is 13.8. The maximum atomic E-state index is 12.0. The lowest BCUT2D eigenvalue weighted by Crippen LogP contribution is -2.14. The van der Waals surface area contributed by atoms with E-state index in [2.05, 4.69) is 11.4 Å². The zero-order valence-corrected chi connectivity index (χ0v) is 11.8. The first-order valence-electron chi connectivity index (χ1n) is 6.16. The van der Waals surface area contributed by atoms with E-state index >= 15 is 0 Å². The van der Waals surface area contributed by atoms with Gasteiger partial charge in [-0.25, -0.2) is 0 Å². The highest BCUT2D eigenvalue weighted by Crippen LogP contribution is 2.17. The molecule has 2 rings (SSSR count). The molecule has 3 heteroatoms. The largest absolute Gasteiger partial charge is 0.326 e. The molecular formula is C16H16ClNO. The van der Waals surface area contributed by atoms with Gasteiger partial charge in [0.1, 0.15) is 0 Å². The normalized spacial score (nSPS) is 10.3. The summed E-state index contributed by atoms with van der Waals surface area (Å²) in [6, 6.07) is 13.4. The molecular weight excluding hydrogens is 258 g/mol. The van der Waals surface area contributed by atoms with Gasteiger partial charge in [0, 0.05) is 10.7 Å². The fourth-order valence-electron chi connectivity index (χ4n) is 2.07. The maximum absolute atomic E-state index is 12.0. The van der Waals surface area contributed by atoms with Gasteiger partial charge in [-0.1, -0.05) is 35.9 Å². The average Bonchev–Trinajstić information content (AvgIpc) is 2.30. The van der Waals surface area contributed by atoms with Crippen molar-refractivity contribution in [1.82, 2.24) is 0 Å². The molecule has 0 aliphatic rings. The van der Waals surface area contributed by atoms with Crippen LogP contribution in [0.25, 0.3) is 0 Å². The van der Waals surface area contributed by atoms with E-state index in [0.29, 0.717) is 5.02 Å². The molecule has 0 aliphatic carbocycles. The third kappa shape index (κ3) is 3.83. The molecule has 2 nitrogen and oxygen atoms in total. The Morgan fingerprint density at radius 2 is 1.74 bits per heavy atom. The number of aryl methyl sites for hydroxylation is 2. The Morgan fingerprint density at radius 1 is 1.11 bits per heavy atom.